The largest absolute Gasteiger partial charge is 0.495 e. The van der Waals surface area contributed by atoms with Crippen molar-refractivity contribution in [3.63, 3.8) is 0 Å². The Morgan fingerprint density at radius 3 is 2.72 bits per heavy atom. The zero-order chi connectivity index (χ0) is 13.0. The fraction of sp³-hybridized carbons (Fsp3) is 0.154. The van der Waals surface area contributed by atoms with E-state index < -0.39 is 0 Å². The van der Waals surface area contributed by atoms with Gasteiger partial charge in [0, 0.05) is 12.1 Å². The minimum Gasteiger partial charge on any atom is -0.495 e. The van der Waals surface area contributed by atoms with Gasteiger partial charge in [-0.3, -0.25) is 0 Å². The van der Waals surface area contributed by atoms with Crippen LogP contribution in [0.1, 0.15) is 0 Å². The van der Waals surface area contributed by atoms with Gasteiger partial charge in [0.25, 0.3) is 0 Å². The molecule has 0 unspecified atom stereocenters. The van der Waals surface area contributed by atoms with Crippen molar-refractivity contribution >= 4 is 17.2 Å². The molecular formula is C13H15N4O+. The van der Waals surface area contributed by atoms with Gasteiger partial charge in [0.05, 0.1) is 31.2 Å². The molecule has 0 saturated heterocycles. The quantitative estimate of drug-likeness (QED) is 0.511. The molecule has 2 rings (SSSR count). The van der Waals surface area contributed by atoms with Crippen LogP contribution < -0.4 is 15.0 Å². The second-order valence-corrected chi connectivity index (χ2v) is 3.80. The minimum absolute atomic E-state index is 0.585. The van der Waals surface area contributed by atoms with Gasteiger partial charge in [0.15, 0.2) is 0 Å². The molecule has 0 spiro atoms. The van der Waals surface area contributed by atoms with E-state index >= 15 is 0 Å². The third-order valence-corrected chi connectivity index (χ3v) is 2.51. The van der Waals surface area contributed by atoms with Gasteiger partial charge >= 0.3 is 5.82 Å². The summed E-state index contributed by atoms with van der Waals surface area (Å²) >= 11 is 0. The second kappa shape index (κ2) is 5.27. The third-order valence-electron chi connectivity index (χ3n) is 2.51. The van der Waals surface area contributed by atoms with E-state index in [9.17, 15) is 0 Å². The zero-order valence-corrected chi connectivity index (χ0v) is 10.4. The van der Waals surface area contributed by atoms with Crippen molar-refractivity contribution in [3.05, 3.63) is 42.6 Å². The molecule has 0 amide bonds. The number of rotatable bonds is 3. The number of aryl methyl sites for hydroxylation is 1. The van der Waals surface area contributed by atoms with Crippen molar-refractivity contribution in [3.8, 4) is 5.75 Å². The Labute approximate surface area is 106 Å². The number of methoxy groups -OCH3 is 1. The molecule has 92 valence electrons. The van der Waals surface area contributed by atoms with E-state index in [0.29, 0.717) is 17.1 Å². The molecule has 1 aromatic heterocycles. The fourth-order valence-electron chi connectivity index (χ4n) is 1.49. The van der Waals surface area contributed by atoms with Crippen LogP contribution in [0.25, 0.3) is 0 Å². The molecule has 0 fully saturated rings. The van der Waals surface area contributed by atoms with Gasteiger partial charge in [-0.25, -0.2) is 4.57 Å². The van der Waals surface area contributed by atoms with E-state index in [1.807, 2.05) is 36.0 Å². The molecule has 0 bridgehead atoms. The maximum absolute atomic E-state index is 5.73. The lowest BCUT2D eigenvalue weighted by Gasteiger charge is -2.02. The molecule has 0 atom stereocenters. The standard InChI is InChI=1S/C13H14N4O/c1-17-8-4-3-5-13(17)16-15-10-6-7-11(14)12(9-10)18-2/h3-9,14H,1-2H3/p+1. The fourth-order valence-corrected chi connectivity index (χ4v) is 1.49. The molecule has 0 aliphatic carbocycles. The highest BCUT2D eigenvalue weighted by molar-refractivity contribution is 5.59. The SMILES string of the molecule is COc1cc(/N=N/c2cccc[n+]2C)ccc1N. The molecule has 1 aromatic carbocycles. The van der Waals surface area contributed by atoms with E-state index in [0.717, 1.165) is 5.82 Å². The number of benzene rings is 1. The Balaban J connectivity index is 2.27. The molecule has 0 saturated carbocycles. The number of azo groups is 1. The second-order valence-electron chi connectivity index (χ2n) is 3.80. The molecule has 0 aliphatic heterocycles. The highest BCUT2D eigenvalue weighted by Gasteiger charge is 2.05. The molecular weight excluding hydrogens is 228 g/mol. The smallest absolute Gasteiger partial charge is 0.350 e. The molecule has 0 radical (unpaired) electrons. The highest BCUT2D eigenvalue weighted by atomic mass is 16.5. The average molecular weight is 243 g/mol. The van der Waals surface area contributed by atoms with Crippen molar-refractivity contribution in [1.29, 1.82) is 0 Å². The van der Waals surface area contributed by atoms with Crippen LogP contribution >= 0.6 is 0 Å². The first kappa shape index (κ1) is 12.0. The summed E-state index contributed by atoms with van der Waals surface area (Å²) in [5, 5.41) is 8.33. The first-order valence-electron chi connectivity index (χ1n) is 5.50. The van der Waals surface area contributed by atoms with E-state index in [4.69, 9.17) is 10.5 Å². The van der Waals surface area contributed by atoms with Crippen LogP contribution in [-0.2, 0) is 7.05 Å². The molecule has 2 aromatic rings. The first-order chi connectivity index (χ1) is 8.70. The summed E-state index contributed by atoms with van der Waals surface area (Å²) in [7, 11) is 3.49. The summed E-state index contributed by atoms with van der Waals surface area (Å²) in [5.41, 5.74) is 7.01. The number of ether oxygens (including phenoxy) is 1. The summed E-state index contributed by atoms with van der Waals surface area (Å²) in [4.78, 5) is 0. The van der Waals surface area contributed by atoms with Gasteiger partial charge < -0.3 is 10.5 Å². The maximum atomic E-state index is 5.73. The van der Waals surface area contributed by atoms with Crippen LogP contribution in [0.2, 0.25) is 0 Å². The van der Waals surface area contributed by atoms with Crippen LogP contribution in [-0.4, -0.2) is 7.11 Å². The minimum atomic E-state index is 0.585. The van der Waals surface area contributed by atoms with Gasteiger partial charge in [0.1, 0.15) is 11.4 Å². The highest BCUT2D eigenvalue weighted by Crippen LogP contribution is 2.27. The number of nitrogens with zero attached hydrogens (tertiary/aromatic N) is 3. The predicted octanol–water partition coefficient (Wildman–Crippen LogP) is 2.52. The third kappa shape index (κ3) is 2.63. The molecule has 18 heavy (non-hydrogen) atoms. The average Bonchev–Trinajstić information content (AvgIpc) is 2.39. The number of hydrogen-bond acceptors (Lipinski definition) is 4. The normalized spacial score (nSPS) is 10.8. The van der Waals surface area contributed by atoms with Gasteiger partial charge in [0.2, 0.25) is 0 Å². The van der Waals surface area contributed by atoms with Gasteiger partial charge in [-0.05, 0) is 23.3 Å². The Kier molecular flexibility index (Phi) is 3.52. The number of aromatic nitrogens is 1. The Hall–Kier alpha value is -2.43. The maximum Gasteiger partial charge on any atom is 0.350 e. The molecule has 5 heteroatoms. The van der Waals surface area contributed by atoms with E-state index in [1.54, 1.807) is 25.3 Å². The topological polar surface area (TPSA) is 63.9 Å². The van der Waals surface area contributed by atoms with Crippen LogP contribution in [0.3, 0.4) is 0 Å². The molecule has 1 heterocycles. The lowest BCUT2D eigenvalue weighted by molar-refractivity contribution is -0.658. The predicted molar refractivity (Wildman–Crippen MR) is 69.2 cm³/mol. The number of pyridine rings is 1. The van der Waals surface area contributed by atoms with E-state index in [2.05, 4.69) is 10.2 Å². The van der Waals surface area contributed by atoms with E-state index in [1.165, 1.54) is 0 Å². The van der Waals surface area contributed by atoms with Crippen molar-refractivity contribution in [2.24, 2.45) is 17.3 Å². The summed E-state index contributed by atoms with van der Waals surface area (Å²) in [6, 6.07) is 11.0. The summed E-state index contributed by atoms with van der Waals surface area (Å²) in [5.74, 6) is 1.37. The summed E-state index contributed by atoms with van der Waals surface area (Å²) in [6.07, 6.45) is 1.91. The van der Waals surface area contributed by atoms with Gasteiger partial charge in [-0.2, -0.15) is 0 Å². The van der Waals surface area contributed by atoms with Crippen LogP contribution in [0.15, 0.2) is 52.8 Å². The Bertz CT molecular complexity index is 581. The molecule has 0 aliphatic rings. The lowest BCUT2D eigenvalue weighted by atomic mass is 10.2. The van der Waals surface area contributed by atoms with Crippen LogP contribution in [0, 0.1) is 0 Å². The Morgan fingerprint density at radius 1 is 1.17 bits per heavy atom. The van der Waals surface area contributed by atoms with Crippen LogP contribution in [0.4, 0.5) is 17.2 Å². The number of nitrogen functional groups attached to an aromatic ring is 1. The molecule has 2 N–H and O–H groups in total. The monoisotopic (exact) mass is 243 g/mol. The lowest BCUT2D eigenvalue weighted by Crippen LogP contribution is -2.26. The first-order valence-corrected chi connectivity index (χ1v) is 5.50. The summed E-state index contributed by atoms with van der Waals surface area (Å²) < 4.78 is 7.02. The number of nitrogens with two attached hydrogens (primary N) is 1. The van der Waals surface area contributed by atoms with Crippen molar-refractivity contribution in [2.45, 2.75) is 0 Å². The van der Waals surface area contributed by atoms with E-state index in [-0.39, 0.29) is 0 Å². The van der Waals surface area contributed by atoms with Crippen LogP contribution in [0.5, 0.6) is 5.75 Å². The van der Waals surface area contributed by atoms with Crippen molar-refractivity contribution in [1.82, 2.24) is 0 Å². The van der Waals surface area contributed by atoms with Gasteiger partial charge in [-0.15, -0.1) is 0 Å². The van der Waals surface area contributed by atoms with Crippen molar-refractivity contribution in [2.75, 3.05) is 12.8 Å². The summed E-state index contributed by atoms with van der Waals surface area (Å²) in [6.45, 7) is 0. The van der Waals surface area contributed by atoms with Crippen molar-refractivity contribution < 1.29 is 9.30 Å². The number of anilines is 1. The molecule has 5 nitrogen and oxygen atoms in total. The zero-order valence-electron chi connectivity index (χ0n) is 10.4. The number of hydrogen-bond donors (Lipinski definition) is 1. The van der Waals surface area contributed by atoms with Gasteiger partial charge in [-0.1, -0.05) is 6.07 Å². The Morgan fingerprint density at radius 2 is 2.00 bits per heavy atom.